The van der Waals surface area contributed by atoms with Gasteiger partial charge in [0.2, 0.25) is 5.89 Å². The Bertz CT molecular complexity index is 362. The van der Waals surface area contributed by atoms with Crippen molar-refractivity contribution < 1.29 is 4.52 Å². The van der Waals surface area contributed by atoms with Crippen LogP contribution in [-0.2, 0) is 6.54 Å². The van der Waals surface area contributed by atoms with Gasteiger partial charge in [-0.25, -0.2) is 0 Å². The van der Waals surface area contributed by atoms with E-state index in [1.165, 1.54) is 19.3 Å². The standard InChI is InChI=1S/C13H24N4O/c1-10(2)13-15-12(18-16-13)9-17-7-5-4-6-11(17)8-14-3/h10-11,14H,4-9H2,1-3H3. The number of nitrogens with zero attached hydrogens (tertiary/aromatic N) is 3. The van der Waals surface area contributed by atoms with E-state index in [9.17, 15) is 0 Å². The molecular weight excluding hydrogens is 228 g/mol. The fraction of sp³-hybridized carbons (Fsp3) is 0.846. The smallest absolute Gasteiger partial charge is 0.240 e. The Morgan fingerprint density at radius 2 is 2.28 bits per heavy atom. The molecule has 0 aromatic carbocycles. The van der Waals surface area contributed by atoms with E-state index in [4.69, 9.17) is 4.52 Å². The van der Waals surface area contributed by atoms with Gasteiger partial charge in [-0.1, -0.05) is 25.4 Å². The van der Waals surface area contributed by atoms with Gasteiger partial charge in [-0.05, 0) is 26.4 Å². The lowest BCUT2D eigenvalue weighted by atomic mass is 10.0. The maximum atomic E-state index is 5.33. The first-order chi connectivity index (χ1) is 8.70. The highest BCUT2D eigenvalue weighted by Gasteiger charge is 2.23. The number of likely N-dealkylation sites (tertiary alicyclic amines) is 1. The second kappa shape index (κ2) is 6.29. The maximum Gasteiger partial charge on any atom is 0.240 e. The fourth-order valence-corrected chi connectivity index (χ4v) is 2.48. The summed E-state index contributed by atoms with van der Waals surface area (Å²) < 4.78 is 5.33. The van der Waals surface area contributed by atoms with Crippen molar-refractivity contribution in [2.24, 2.45) is 0 Å². The molecule has 1 aliphatic heterocycles. The molecule has 2 rings (SSSR count). The Labute approximate surface area is 109 Å². The molecule has 2 heterocycles. The number of hydrogen-bond donors (Lipinski definition) is 1. The highest BCUT2D eigenvalue weighted by molar-refractivity contribution is 4.92. The predicted octanol–water partition coefficient (Wildman–Crippen LogP) is 1.77. The summed E-state index contributed by atoms with van der Waals surface area (Å²) in [5, 5.41) is 7.29. The van der Waals surface area contributed by atoms with Gasteiger partial charge in [0, 0.05) is 18.5 Å². The number of likely N-dealkylation sites (N-methyl/N-ethyl adjacent to an activating group) is 1. The van der Waals surface area contributed by atoms with Gasteiger partial charge in [-0.3, -0.25) is 4.90 Å². The zero-order valence-corrected chi connectivity index (χ0v) is 11.6. The van der Waals surface area contributed by atoms with Crippen molar-refractivity contribution >= 4 is 0 Å². The van der Waals surface area contributed by atoms with Crippen LogP contribution in [0.5, 0.6) is 0 Å². The van der Waals surface area contributed by atoms with Crippen molar-refractivity contribution in [1.82, 2.24) is 20.4 Å². The molecule has 1 atom stereocenters. The van der Waals surface area contributed by atoms with Gasteiger partial charge in [0.25, 0.3) is 0 Å². The molecule has 1 unspecified atom stereocenters. The van der Waals surface area contributed by atoms with E-state index in [-0.39, 0.29) is 0 Å². The minimum Gasteiger partial charge on any atom is -0.338 e. The third kappa shape index (κ3) is 3.29. The van der Waals surface area contributed by atoms with Crippen molar-refractivity contribution in [3.63, 3.8) is 0 Å². The lowest BCUT2D eigenvalue weighted by Gasteiger charge is -2.34. The Balaban J connectivity index is 1.97. The molecule has 1 aromatic rings. The number of hydrogen-bond acceptors (Lipinski definition) is 5. The van der Waals surface area contributed by atoms with E-state index in [0.717, 1.165) is 31.3 Å². The Morgan fingerprint density at radius 3 is 2.94 bits per heavy atom. The number of aromatic nitrogens is 2. The van der Waals surface area contributed by atoms with Crippen molar-refractivity contribution in [2.75, 3.05) is 20.1 Å². The van der Waals surface area contributed by atoms with Crippen molar-refractivity contribution in [2.45, 2.75) is 51.6 Å². The SMILES string of the molecule is CNCC1CCCCN1Cc1nc(C(C)C)no1. The van der Waals surface area contributed by atoms with Crippen LogP contribution in [0.15, 0.2) is 4.52 Å². The van der Waals surface area contributed by atoms with Gasteiger partial charge in [-0.2, -0.15) is 4.98 Å². The van der Waals surface area contributed by atoms with Crippen LogP contribution >= 0.6 is 0 Å². The molecule has 1 aliphatic rings. The molecule has 1 aromatic heterocycles. The molecule has 0 saturated carbocycles. The lowest BCUT2D eigenvalue weighted by molar-refractivity contribution is 0.123. The van der Waals surface area contributed by atoms with Gasteiger partial charge in [-0.15, -0.1) is 0 Å². The molecule has 18 heavy (non-hydrogen) atoms. The molecule has 0 spiro atoms. The van der Waals surface area contributed by atoms with Crippen LogP contribution in [0.25, 0.3) is 0 Å². The van der Waals surface area contributed by atoms with Crippen LogP contribution in [0.2, 0.25) is 0 Å². The maximum absolute atomic E-state index is 5.33. The molecule has 0 bridgehead atoms. The summed E-state index contributed by atoms with van der Waals surface area (Å²) in [5.41, 5.74) is 0. The largest absolute Gasteiger partial charge is 0.338 e. The van der Waals surface area contributed by atoms with E-state index < -0.39 is 0 Å². The molecule has 0 aliphatic carbocycles. The average Bonchev–Trinajstić information content (AvgIpc) is 2.81. The first-order valence-electron chi connectivity index (χ1n) is 6.92. The van der Waals surface area contributed by atoms with Gasteiger partial charge >= 0.3 is 0 Å². The van der Waals surface area contributed by atoms with Crippen molar-refractivity contribution in [3.8, 4) is 0 Å². The van der Waals surface area contributed by atoms with Gasteiger partial charge in [0.1, 0.15) is 0 Å². The summed E-state index contributed by atoms with van der Waals surface area (Å²) in [7, 11) is 2.01. The molecule has 0 amide bonds. The third-order valence-corrected chi connectivity index (χ3v) is 3.53. The second-order valence-corrected chi connectivity index (χ2v) is 5.38. The van der Waals surface area contributed by atoms with Crippen LogP contribution in [0.3, 0.4) is 0 Å². The zero-order chi connectivity index (χ0) is 13.0. The lowest BCUT2D eigenvalue weighted by Crippen LogP contribution is -2.44. The average molecular weight is 252 g/mol. The molecule has 5 heteroatoms. The van der Waals surface area contributed by atoms with E-state index in [1.54, 1.807) is 0 Å². The summed E-state index contributed by atoms with van der Waals surface area (Å²) >= 11 is 0. The minimum atomic E-state index is 0.331. The van der Waals surface area contributed by atoms with Crippen LogP contribution in [0, 0.1) is 0 Å². The normalized spacial score (nSPS) is 21.7. The van der Waals surface area contributed by atoms with E-state index in [1.807, 2.05) is 7.05 Å². The van der Waals surface area contributed by atoms with Crippen LogP contribution < -0.4 is 5.32 Å². The Morgan fingerprint density at radius 1 is 1.44 bits per heavy atom. The fourth-order valence-electron chi connectivity index (χ4n) is 2.48. The number of nitrogens with one attached hydrogen (secondary N) is 1. The van der Waals surface area contributed by atoms with E-state index in [2.05, 4.69) is 34.2 Å². The summed E-state index contributed by atoms with van der Waals surface area (Å²) in [6.45, 7) is 7.11. The minimum absolute atomic E-state index is 0.331. The quantitative estimate of drug-likeness (QED) is 0.865. The summed E-state index contributed by atoms with van der Waals surface area (Å²) in [4.78, 5) is 6.91. The third-order valence-electron chi connectivity index (χ3n) is 3.53. The molecule has 102 valence electrons. The molecule has 5 nitrogen and oxygen atoms in total. The van der Waals surface area contributed by atoms with E-state index in [0.29, 0.717) is 12.0 Å². The summed E-state index contributed by atoms with van der Waals surface area (Å²) in [6, 6.07) is 0.596. The summed E-state index contributed by atoms with van der Waals surface area (Å²) in [6.07, 6.45) is 3.85. The topological polar surface area (TPSA) is 54.2 Å². The molecule has 1 fully saturated rings. The van der Waals surface area contributed by atoms with Crippen molar-refractivity contribution in [3.05, 3.63) is 11.7 Å². The highest BCUT2D eigenvalue weighted by Crippen LogP contribution is 2.19. The molecular formula is C13H24N4O. The predicted molar refractivity (Wildman–Crippen MR) is 70.4 cm³/mol. The second-order valence-electron chi connectivity index (χ2n) is 5.38. The zero-order valence-electron chi connectivity index (χ0n) is 11.6. The van der Waals surface area contributed by atoms with Gasteiger partial charge < -0.3 is 9.84 Å². The molecule has 1 saturated heterocycles. The summed E-state index contributed by atoms with van der Waals surface area (Å²) in [5.74, 6) is 1.89. The highest BCUT2D eigenvalue weighted by atomic mass is 16.5. The molecule has 0 radical (unpaired) electrons. The monoisotopic (exact) mass is 252 g/mol. The Hall–Kier alpha value is -0.940. The van der Waals surface area contributed by atoms with Crippen LogP contribution in [0.4, 0.5) is 0 Å². The molecule has 1 N–H and O–H groups in total. The van der Waals surface area contributed by atoms with Gasteiger partial charge in [0.05, 0.1) is 6.54 Å². The van der Waals surface area contributed by atoms with E-state index >= 15 is 0 Å². The van der Waals surface area contributed by atoms with Crippen LogP contribution in [-0.4, -0.2) is 41.2 Å². The first kappa shape index (κ1) is 13.5. The first-order valence-corrected chi connectivity index (χ1v) is 6.92. The van der Waals surface area contributed by atoms with Gasteiger partial charge in [0.15, 0.2) is 5.82 Å². The van der Waals surface area contributed by atoms with Crippen LogP contribution in [0.1, 0.15) is 50.7 Å². The number of piperidine rings is 1. The Kier molecular flexibility index (Phi) is 4.72. The number of rotatable bonds is 5. The van der Waals surface area contributed by atoms with Crippen molar-refractivity contribution in [1.29, 1.82) is 0 Å².